The first-order valence-electron chi connectivity index (χ1n) is 8.02. The van der Waals surface area contributed by atoms with Crippen molar-refractivity contribution >= 4 is 0 Å². The standard InChI is InChI=1S/C12H18.C6H10.C2H6/c1-4-7-11-8-5-6-9-12(11)10(2)3;1-4-5-6(2)3;1-2/h5-6,8-10H,4,7H2,1-3H3;6H,1-3H3;1-2H3. The number of benzene rings is 1. The van der Waals surface area contributed by atoms with Gasteiger partial charge < -0.3 is 0 Å². The Balaban J connectivity index is 0. The van der Waals surface area contributed by atoms with E-state index in [4.69, 9.17) is 0 Å². The molecule has 0 nitrogen and oxygen atoms in total. The summed E-state index contributed by atoms with van der Waals surface area (Å²) in [4.78, 5) is 0. The van der Waals surface area contributed by atoms with Gasteiger partial charge in [-0.2, -0.15) is 0 Å². The van der Waals surface area contributed by atoms with Crippen LogP contribution in [0.4, 0.5) is 0 Å². The molecule has 1 aromatic carbocycles. The Labute approximate surface area is 128 Å². The molecule has 0 fully saturated rings. The molecule has 0 bridgehead atoms. The van der Waals surface area contributed by atoms with Gasteiger partial charge in [0, 0.05) is 5.92 Å². The first-order chi connectivity index (χ1) is 9.52. The van der Waals surface area contributed by atoms with Crippen molar-refractivity contribution in [3.8, 4) is 11.8 Å². The lowest BCUT2D eigenvalue weighted by Gasteiger charge is -2.11. The maximum Gasteiger partial charge on any atom is 0.0146 e. The highest BCUT2D eigenvalue weighted by atomic mass is 14.1. The highest BCUT2D eigenvalue weighted by molar-refractivity contribution is 5.29. The van der Waals surface area contributed by atoms with Crippen molar-refractivity contribution in [1.82, 2.24) is 0 Å². The van der Waals surface area contributed by atoms with Crippen LogP contribution in [0.1, 0.15) is 78.9 Å². The minimum atomic E-state index is 0.537. The third-order valence-corrected chi connectivity index (χ3v) is 2.63. The SMILES string of the molecule is CC.CC#CC(C)C.CCCc1ccccc1C(C)C. The van der Waals surface area contributed by atoms with Crippen LogP contribution < -0.4 is 0 Å². The van der Waals surface area contributed by atoms with Gasteiger partial charge in [-0.15, -0.1) is 11.8 Å². The Hall–Kier alpha value is -1.22. The van der Waals surface area contributed by atoms with Gasteiger partial charge in [-0.3, -0.25) is 0 Å². The topological polar surface area (TPSA) is 0 Å². The van der Waals surface area contributed by atoms with Crippen LogP contribution in [0.25, 0.3) is 0 Å². The van der Waals surface area contributed by atoms with E-state index in [1.807, 2.05) is 20.8 Å². The van der Waals surface area contributed by atoms with Crippen LogP contribution >= 0.6 is 0 Å². The van der Waals surface area contributed by atoms with Crippen molar-refractivity contribution in [2.45, 2.75) is 74.1 Å². The summed E-state index contributed by atoms with van der Waals surface area (Å²) in [7, 11) is 0. The molecule has 0 unspecified atom stereocenters. The molecular formula is C20H34. The van der Waals surface area contributed by atoms with Crippen molar-refractivity contribution in [2.75, 3.05) is 0 Å². The number of hydrogen-bond donors (Lipinski definition) is 0. The van der Waals surface area contributed by atoms with E-state index in [0.717, 1.165) is 0 Å². The molecule has 0 atom stereocenters. The predicted octanol–water partition coefficient (Wildman–Crippen LogP) is 6.45. The van der Waals surface area contributed by atoms with Gasteiger partial charge in [-0.1, -0.05) is 79.2 Å². The maximum atomic E-state index is 2.96. The molecule has 0 radical (unpaired) electrons. The zero-order chi connectivity index (χ0) is 16.0. The van der Waals surface area contributed by atoms with Crippen LogP contribution in [-0.2, 0) is 6.42 Å². The van der Waals surface area contributed by atoms with Crippen molar-refractivity contribution in [1.29, 1.82) is 0 Å². The monoisotopic (exact) mass is 274 g/mol. The molecule has 0 spiro atoms. The molecule has 20 heavy (non-hydrogen) atoms. The summed E-state index contributed by atoms with van der Waals surface area (Å²) in [5.74, 6) is 6.97. The molecule has 0 amide bonds. The fourth-order valence-corrected chi connectivity index (χ4v) is 1.88. The van der Waals surface area contributed by atoms with E-state index in [1.165, 1.54) is 24.0 Å². The number of aryl methyl sites for hydroxylation is 1. The predicted molar refractivity (Wildman–Crippen MR) is 94.2 cm³/mol. The van der Waals surface area contributed by atoms with Gasteiger partial charge in [0.1, 0.15) is 0 Å². The van der Waals surface area contributed by atoms with E-state index < -0.39 is 0 Å². The van der Waals surface area contributed by atoms with E-state index in [1.54, 1.807) is 0 Å². The van der Waals surface area contributed by atoms with Crippen LogP contribution in [0.5, 0.6) is 0 Å². The minimum absolute atomic E-state index is 0.537. The summed E-state index contributed by atoms with van der Waals surface area (Å²) in [6, 6.07) is 8.76. The molecule has 114 valence electrons. The minimum Gasteiger partial charge on any atom is -0.106 e. The third-order valence-electron chi connectivity index (χ3n) is 2.63. The Morgan fingerprint density at radius 1 is 1.00 bits per heavy atom. The summed E-state index contributed by atoms with van der Waals surface area (Å²) in [6.07, 6.45) is 2.46. The highest BCUT2D eigenvalue weighted by Gasteiger charge is 2.03. The van der Waals surface area contributed by atoms with Crippen molar-refractivity contribution in [3.05, 3.63) is 35.4 Å². The molecule has 0 aliphatic carbocycles. The average Bonchev–Trinajstić information content (AvgIpc) is 2.42. The second-order valence-electron chi connectivity index (χ2n) is 5.15. The molecule has 0 saturated heterocycles. The lowest BCUT2D eigenvalue weighted by Crippen LogP contribution is -1.94. The molecule has 0 aliphatic rings. The molecule has 1 rings (SSSR count). The maximum absolute atomic E-state index is 2.96. The van der Waals surface area contributed by atoms with Gasteiger partial charge in [0.25, 0.3) is 0 Å². The van der Waals surface area contributed by atoms with E-state index in [0.29, 0.717) is 11.8 Å². The molecular weight excluding hydrogens is 240 g/mol. The van der Waals surface area contributed by atoms with Gasteiger partial charge in [-0.05, 0) is 30.4 Å². The molecule has 0 N–H and O–H groups in total. The van der Waals surface area contributed by atoms with Gasteiger partial charge in [0.05, 0.1) is 0 Å². The van der Waals surface area contributed by atoms with E-state index in [9.17, 15) is 0 Å². The highest BCUT2D eigenvalue weighted by Crippen LogP contribution is 2.19. The Bertz CT molecular complexity index is 375. The number of hydrogen-bond acceptors (Lipinski definition) is 0. The lowest BCUT2D eigenvalue weighted by atomic mass is 9.95. The van der Waals surface area contributed by atoms with E-state index >= 15 is 0 Å². The molecule has 1 aromatic rings. The molecule has 0 aromatic heterocycles. The Morgan fingerprint density at radius 2 is 1.55 bits per heavy atom. The third kappa shape index (κ3) is 10.7. The van der Waals surface area contributed by atoms with Crippen LogP contribution in [0, 0.1) is 17.8 Å². The average molecular weight is 274 g/mol. The first kappa shape index (κ1) is 21.1. The lowest BCUT2D eigenvalue weighted by molar-refractivity contribution is 0.821. The largest absolute Gasteiger partial charge is 0.106 e. The second kappa shape index (κ2) is 14.2. The normalized spacial score (nSPS) is 8.90. The van der Waals surface area contributed by atoms with Crippen LogP contribution in [0.3, 0.4) is 0 Å². The fraction of sp³-hybridized carbons (Fsp3) is 0.600. The van der Waals surface area contributed by atoms with Crippen molar-refractivity contribution < 1.29 is 0 Å². The van der Waals surface area contributed by atoms with Crippen LogP contribution in [0.2, 0.25) is 0 Å². The van der Waals surface area contributed by atoms with E-state index in [2.05, 4.69) is 70.7 Å². The fourth-order valence-electron chi connectivity index (χ4n) is 1.88. The Kier molecular flexibility index (Phi) is 15.0. The summed E-state index contributed by atoms with van der Waals surface area (Å²) in [5, 5.41) is 0. The zero-order valence-electron chi connectivity index (χ0n) is 14.9. The summed E-state index contributed by atoms with van der Waals surface area (Å²) >= 11 is 0. The van der Waals surface area contributed by atoms with Gasteiger partial charge in [0.15, 0.2) is 0 Å². The van der Waals surface area contributed by atoms with Gasteiger partial charge in [-0.25, -0.2) is 0 Å². The van der Waals surface area contributed by atoms with Crippen LogP contribution in [-0.4, -0.2) is 0 Å². The molecule has 0 heterocycles. The smallest absolute Gasteiger partial charge is 0.0146 e. The Morgan fingerprint density at radius 3 is 1.90 bits per heavy atom. The van der Waals surface area contributed by atoms with Crippen molar-refractivity contribution in [3.63, 3.8) is 0 Å². The number of rotatable bonds is 3. The summed E-state index contributed by atoms with van der Waals surface area (Å²) in [5.41, 5.74) is 3.04. The summed E-state index contributed by atoms with van der Waals surface area (Å²) in [6.45, 7) is 16.8. The van der Waals surface area contributed by atoms with Crippen molar-refractivity contribution in [2.24, 2.45) is 5.92 Å². The second-order valence-corrected chi connectivity index (χ2v) is 5.15. The first-order valence-corrected chi connectivity index (χ1v) is 8.02. The quantitative estimate of drug-likeness (QED) is 0.555. The molecule has 0 saturated carbocycles. The molecule has 0 heteroatoms. The van der Waals surface area contributed by atoms with Gasteiger partial charge in [0.2, 0.25) is 0 Å². The summed E-state index contributed by atoms with van der Waals surface area (Å²) < 4.78 is 0. The molecule has 0 aliphatic heterocycles. The van der Waals surface area contributed by atoms with E-state index in [-0.39, 0.29) is 0 Å². The zero-order valence-corrected chi connectivity index (χ0v) is 14.9. The van der Waals surface area contributed by atoms with Crippen LogP contribution in [0.15, 0.2) is 24.3 Å². The van der Waals surface area contributed by atoms with Gasteiger partial charge >= 0.3 is 0 Å².